The van der Waals surface area contributed by atoms with Crippen molar-refractivity contribution >= 4 is 29.5 Å². The van der Waals surface area contributed by atoms with Crippen molar-refractivity contribution in [1.29, 1.82) is 0 Å². The van der Waals surface area contributed by atoms with Crippen molar-refractivity contribution in [3.05, 3.63) is 82.6 Å². The number of barbiturate groups is 1. The van der Waals surface area contributed by atoms with Crippen molar-refractivity contribution in [3.8, 4) is 11.5 Å². The predicted molar refractivity (Wildman–Crippen MR) is 161 cm³/mol. The Morgan fingerprint density at radius 3 is 2.18 bits per heavy atom. The fraction of sp³-hybridized carbons (Fsp3) is 0.400. The minimum absolute atomic E-state index is 0.0826. The molecule has 6 fully saturated rings. The van der Waals surface area contributed by atoms with E-state index < -0.39 is 29.2 Å². The standard InChI is InChI=1S/C35H34N2O8/c1-36-31(39)30(32(40)37(2)33(36)41)27-18-25(43-29-7-5-4-6-26(27)29)11-9-21-8-10-24(38)17-28(21)35(42-3)34(44-45-35)22-13-19-12-20(15-22)16-23(34)14-19/h4-11,17-20,22-23,38H,12-16H2,1-3H3/b11-9+. The molecule has 0 aromatic heterocycles. The zero-order valence-electron chi connectivity index (χ0n) is 25.3. The lowest BCUT2D eigenvalue weighted by atomic mass is 9.47. The number of urea groups is 1. The average Bonchev–Trinajstić information content (AvgIpc) is 3.02. The first-order chi connectivity index (χ1) is 21.7. The van der Waals surface area contributed by atoms with Crippen LogP contribution in [0.2, 0.25) is 0 Å². The molecule has 45 heavy (non-hydrogen) atoms. The summed E-state index contributed by atoms with van der Waals surface area (Å²) in [6.45, 7) is 0. The lowest BCUT2D eigenvalue weighted by Gasteiger charge is -2.68. The number of aromatic hydroxyl groups is 1. The lowest BCUT2D eigenvalue weighted by molar-refractivity contribution is -0.645. The molecule has 2 saturated heterocycles. The van der Waals surface area contributed by atoms with Crippen LogP contribution in [-0.2, 0) is 29.9 Å². The van der Waals surface area contributed by atoms with Gasteiger partial charge in [0, 0.05) is 37.9 Å². The fourth-order valence-electron chi connectivity index (χ4n) is 8.98. The van der Waals surface area contributed by atoms with Gasteiger partial charge in [0.05, 0.1) is 0 Å². The number of imide groups is 2. The number of allylic oxidation sites excluding steroid dienone is 3. The van der Waals surface area contributed by atoms with E-state index in [2.05, 4.69) is 0 Å². The first-order valence-electron chi connectivity index (χ1n) is 15.4. The van der Waals surface area contributed by atoms with Crippen molar-refractivity contribution in [2.45, 2.75) is 43.5 Å². The molecule has 1 spiro atoms. The summed E-state index contributed by atoms with van der Waals surface area (Å²) in [4.78, 5) is 52.9. The summed E-state index contributed by atoms with van der Waals surface area (Å²) in [6, 6.07) is 11.5. The second-order valence-electron chi connectivity index (χ2n) is 13.1. The molecule has 1 atom stereocenters. The number of hydrogen-bond donors (Lipinski definition) is 1. The Labute approximate surface area is 260 Å². The van der Waals surface area contributed by atoms with E-state index in [9.17, 15) is 19.5 Å². The molecule has 1 unspecified atom stereocenters. The molecule has 2 aromatic carbocycles. The van der Waals surface area contributed by atoms with Crippen molar-refractivity contribution in [2.24, 2.45) is 23.7 Å². The zero-order chi connectivity index (χ0) is 31.2. The number of phenolic OH excluding ortho intramolecular Hbond substituents is 1. The number of fused-ring (bicyclic) bond motifs is 1. The predicted octanol–water partition coefficient (Wildman–Crippen LogP) is 5.14. The maximum absolute atomic E-state index is 13.2. The molecule has 3 aliphatic heterocycles. The van der Waals surface area contributed by atoms with Crippen LogP contribution in [0.1, 0.15) is 48.8 Å². The number of hydrogen-bond acceptors (Lipinski definition) is 8. The molecule has 4 saturated carbocycles. The zero-order valence-corrected chi connectivity index (χ0v) is 25.3. The summed E-state index contributed by atoms with van der Waals surface area (Å²) >= 11 is 0. The molecule has 0 radical (unpaired) electrons. The normalized spacial score (nSPS) is 33.6. The Balaban J connectivity index is 1.21. The van der Waals surface area contributed by atoms with Gasteiger partial charge < -0.3 is 14.6 Å². The molecule has 3 heterocycles. The molecule has 4 amide bonds. The van der Waals surface area contributed by atoms with Crippen molar-refractivity contribution < 1.29 is 38.7 Å². The summed E-state index contributed by atoms with van der Waals surface area (Å²) in [5, 5.41) is 10.7. The van der Waals surface area contributed by atoms with Gasteiger partial charge in [0.25, 0.3) is 17.6 Å². The Morgan fingerprint density at radius 2 is 1.56 bits per heavy atom. The van der Waals surface area contributed by atoms with E-state index in [4.69, 9.17) is 19.2 Å². The summed E-state index contributed by atoms with van der Waals surface area (Å²) in [7, 11) is 4.33. The van der Waals surface area contributed by atoms with Gasteiger partial charge in [-0.25, -0.2) is 9.68 Å². The van der Waals surface area contributed by atoms with Gasteiger partial charge in [-0.3, -0.25) is 19.4 Å². The number of amides is 4. The molecule has 4 aliphatic carbocycles. The van der Waals surface area contributed by atoms with Crippen molar-refractivity contribution in [1.82, 2.24) is 9.80 Å². The van der Waals surface area contributed by atoms with Crippen LogP contribution in [0.15, 0.2) is 65.9 Å². The molecular formula is C35H34N2O8. The lowest BCUT2D eigenvalue weighted by Crippen LogP contribution is -2.76. The number of ether oxygens (including phenoxy) is 2. The molecule has 232 valence electrons. The van der Waals surface area contributed by atoms with Gasteiger partial charge in [-0.1, -0.05) is 30.3 Å². The number of carbonyl (C=O) groups is 3. The molecule has 10 heteroatoms. The van der Waals surface area contributed by atoms with Crippen LogP contribution in [0.25, 0.3) is 11.6 Å². The number of carbonyl (C=O) groups excluding carboxylic acids is 3. The summed E-state index contributed by atoms with van der Waals surface area (Å²) < 4.78 is 12.5. The highest BCUT2D eigenvalue weighted by Gasteiger charge is 2.76. The van der Waals surface area contributed by atoms with Gasteiger partial charge in [-0.05, 0) is 91.7 Å². The van der Waals surface area contributed by atoms with Gasteiger partial charge in [0.15, 0.2) is 5.60 Å². The van der Waals surface area contributed by atoms with E-state index in [1.54, 1.807) is 61.7 Å². The third-order valence-electron chi connectivity index (χ3n) is 10.8. The first kappa shape index (κ1) is 28.2. The second kappa shape index (κ2) is 9.87. The van der Waals surface area contributed by atoms with E-state index in [1.165, 1.54) is 20.5 Å². The van der Waals surface area contributed by atoms with Gasteiger partial charge >= 0.3 is 6.03 Å². The van der Waals surface area contributed by atoms with E-state index >= 15 is 0 Å². The van der Waals surface area contributed by atoms with E-state index in [1.807, 2.05) is 6.08 Å². The molecule has 1 N–H and O–H groups in total. The minimum atomic E-state index is -1.20. The Hall–Kier alpha value is -4.25. The third kappa shape index (κ3) is 3.82. The third-order valence-corrected chi connectivity index (χ3v) is 10.8. The van der Waals surface area contributed by atoms with Crippen molar-refractivity contribution in [3.63, 3.8) is 0 Å². The van der Waals surface area contributed by atoms with Crippen LogP contribution in [0.4, 0.5) is 4.79 Å². The van der Waals surface area contributed by atoms with Crippen LogP contribution in [-0.4, -0.2) is 59.6 Å². The Kier molecular flexibility index (Phi) is 6.20. The molecule has 10 nitrogen and oxygen atoms in total. The monoisotopic (exact) mass is 610 g/mol. The maximum Gasteiger partial charge on any atom is 0.333 e. The topological polar surface area (TPSA) is 115 Å². The van der Waals surface area contributed by atoms with Gasteiger partial charge in [0.1, 0.15) is 22.8 Å². The van der Waals surface area contributed by atoms with Crippen LogP contribution >= 0.6 is 0 Å². The van der Waals surface area contributed by atoms with Crippen LogP contribution in [0.5, 0.6) is 11.5 Å². The Bertz CT molecular complexity index is 1700. The Morgan fingerprint density at radius 1 is 0.889 bits per heavy atom. The maximum atomic E-state index is 13.2. The fourth-order valence-corrected chi connectivity index (χ4v) is 8.98. The highest BCUT2D eigenvalue weighted by atomic mass is 17.3. The number of para-hydroxylation sites is 1. The molecule has 4 bridgehead atoms. The minimum Gasteiger partial charge on any atom is -0.508 e. The van der Waals surface area contributed by atoms with Gasteiger partial charge in [-0.2, -0.15) is 4.89 Å². The highest BCUT2D eigenvalue weighted by Crippen LogP contribution is 2.69. The molecule has 7 aliphatic rings. The van der Waals surface area contributed by atoms with Crippen LogP contribution < -0.4 is 4.74 Å². The van der Waals surface area contributed by atoms with Gasteiger partial charge in [0.2, 0.25) is 0 Å². The molecule has 9 rings (SSSR count). The number of nitrogens with zero attached hydrogens (tertiary/aromatic N) is 2. The average molecular weight is 611 g/mol. The smallest absolute Gasteiger partial charge is 0.333 e. The number of phenols is 1. The number of rotatable bonds is 4. The quantitative estimate of drug-likeness (QED) is 0.288. The first-order valence-corrected chi connectivity index (χ1v) is 15.4. The molecular weight excluding hydrogens is 576 g/mol. The summed E-state index contributed by atoms with van der Waals surface area (Å²) in [5.74, 6) is 0.381. The van der Waals surface area contributed by atoms with Crippen LogP contribution in [0.3, 0.4) is 0 Å². The largest absolute Gasteiger partial charge is 0.508 e. The summed E-state index contributed by atoms with van der Waals surface area (Å²) in [6.07, 6.45) is 10.8. The van der Waals surface area contributed by atoms with Gasteiger partial charge in [-0.15, -0.1) is 0 Å². The molecule has 2 aromatic rings. The van der Waals surface area contributed by atoms with Crippen LogP contribution in [0, 0.1) is 23.7 Å². The number of benzene rings is 2. The number of methoxy groups -OCH3 is 1. The second-order valence-corrected chi connectivity index (χ2v) is 13.1. The van der Waals surface area contributed by atoms with E-state index in [-0.39, 0.29) is 11.3 Å². The highest BCUT2D eigenvalue weighted by molar-refractivity contribution is 6.32. The number of likely N-dealkylation sites (N-methyl/N-ethyl adjacent to an activating group) is 2. The van der Waals surface area contributed by atoms with Crippen molar-refractivity contribution in [2.75, 3.05) is 21.2 Å². The van der Waals surface area contributed by atoms with E-state index in [0.717, 1.165) is 41.0 Å². The summed E-state index contributed by atoms with van der Waals surface area (Å²) in [5.41, 5.74) is 1.57. The SMILES string of the molecule is COC1(c2cc(O)ccc2/C=C/C2=CC(=C3C(=O)N(C)C(=O)N(C)C3=O)c3ccccc3O2)OOC12C1CC3CC(C1)CC2C3. The van der Waals surface area contributed by atoms with E-state index in [0.29, 0.717) is 51.9 Å².